The second kappa shape index (κ2) is 14.7. The number of unbranched alkanes of at least 4 members (excludes halogenated alkanes) is 1. The molecule has 0 radical (unpaired) electrons. The summed E-state index contributed by atoms with van der Waals surface area (Å²) in [5, 5.41) is 19.5. The van der Waals surface area contributed by atoms with E-state index in [1.807, 2.05) is 60.7 Å². The maximum absolute atomic E-state index is 9.77. The predicted molar refractivity (Wildman–Crippen MR) is 95.9 cm³/mol. The molecule has 0 aliphatic carbocycles. The zero-order valence-electron chi connectivity index (χ0n) is 13.1. The summed E-state index contributed by atoms with van der Waals surface area (Å²) in [4.78, 5) is 21.6. The van der Waals surface area contributed by atoms with E-state index < -0.39 is 11.9 Å². The lowest BCUT2D eigenvalue weighted by Gasteiger charge is -2.01. The number of carbonyl (C=O) groups excluding carboxylic acids is 2. The van der Waals surface area contributed by atoms with E-state index in [2.05, 4.69) is 25.3 Å². The van der Waals surface area contributed by atoms with Crippen LogP contribution in [-0.2, 0) is 9.59 Å². The highest BCUT2D eigenvalue weighted by Gasteiger charge is 1.89. The minimum absolute atomic E-state index is 0.0761. The van der Waals surface area contributed by atoms with E-state index in [4.69, 9.17) is 0 Å². The lowest BCUT2D eigenvalue weighted by atomic mass is 10.2. The number of thiol groups is 2. The standard InChI is InChI=1S/C6H10O4.2C6H6S/c7-5(8)3-1-2-4-6(9)10;2*7-6-4-2-1-3-5-6/h1-4H2,(H,7,8)(H,9,10);2*1-5,7H/p-2. The number of carboxylic acids is 2. The van der Waals surface area contributed by atoms with E-state index in [1.165, 1.54) is 0 Å². The molecule has 0 bridgehead atoms. The van der Waals surface area contributed by atoms with Crippen molar-refractivity contribution in [2.24, 2.45) is 0 Å². The molecule has 0 aliphatic rings. The quantitative estimate of drug-likeness (QED) is 0.628. The molecule has 0 N–H and O–H groups in total. The molecule has 0 saturated heterocycles. The molecule has 24 heavy (non-hydrogen) atoms. The molecule has 0 saturated carbocycles. The highest BCUT2D eigenvalue weighted by Crippen LogP contribution is 2.01. The second-order valence-electron chi connectivity index (χ2n) is 4.62. The third kappa shape index (κ3) is 16.5. The Morgan fingerprint density at radius 1 is 0.667 bits per heavy atom. The van der Waals surface area contributed by atoms with Gasteiger partial charge in [-0.2, -0.15) is 0 Å². The van der Waals surface area contributed by atoms with Gasteiger partial charge in [-0.05, 0) is 49.9 Å². The number of hydrogen-bond donors (Lipinski definition) is 2. The number of aliphatic carboxylic acids is 2. The Bertz CT molecular complexity index is 521. The van der Waals surface area contributed by atoms with Crippen LogP contribution in [0.25, 0.3) is 0 Å². The van der Waals surface area contributed by atoms with Gasteiger partial charge < -0.3 is 19.8 Å². The van der Waals surface area contributed by atoms with Crippen LogP contribution in [-0.4, -0.2) is 11.9 Å². The Balaban J connectivity index is 0.000000337. The first kappa shape index (κ1) is 22.1. The molecule has 6 heteroatoms. The average Bonchev–Trinajstić information content (AvgIpc) is 2.54. The van der Waals surface area contributed by atoms with Crippen molar-refractivity contribution in [1.82, 2.24) is 0 Å². The highest BCUT2D eigenvalue weighted by atomic mass is 32.1. The van der Waals surface area contributed by atoms with Crippen LogP contribution in [0.15, 0.2) is 70.5 Å². The van der Waals surface area contributed by atoms with Crippen molar-refractivity contribution in [2.75, 3.05) is 0 Å². The molecule has 2 rings (SSSR count). The average molecular weight is 364 g/mol. The molecule has 2 aromatic carbocycles. The molecule has 0 amide bonds. The lowest BCUT2D eigenvalue weighted by Crippen LogP contribution is -2.23. The van der Waals surface area contributed by atoms with Gasteiger partial charge in [0.2, 0.25) is 0 Å². The fraction of sp³-hybridized carbons (Fsp3) is 0.222. The minimum atomic E-state index is -1.14. The Hall–Kier alpha value is -1.92. The van der Waals surface area contributed by atoms with Crippen molar-refractivity contribution in [1.29, 1.82) is 0 Å². The largest absolute Gasteiger partial charge is 0.550 e. The van der Waals surface area contributed by atoms with E-state index in [1.54, 1.807) is 0 Å². The Kier molecular flexibility index (Phi) is 13.5. The first-order valence-electron chi connectivity index (χ1n) is 7.29. The molecule has 130 valence electrons. The van der Waals surface area contributed by atoms with Gasteiger partial charge in [0, 0.05) is 21.7 Å². The monoisotopic (exact) mass is 364 g/mol. The fourth-order valence-electron chi connectivity index (χ4n) is 1.39. The smallest absolute Gasteiger partial charge is 0.0414 e. The van der Waals surface area contributed by atoms with E-state index >= 15 is 0 Å². The molecule has 0 atom stereocenters. The lowest BCUT2D eigenvalue weighted by molar-refractivity contribution is -0.308. The van der Waals surface area contributed by atoms with E-state index in [-0.39, 0.29) is 12.8 Å². The Morgan fingerprint density at radius 2 is 0.958 bits per heavy atom. The number of hydrogen-bond acceptors (Lipinski definition) is 6. The molecule has 4 nitrogen and oxygen atoms in total. The predicted octanol–water partition coefficient (Wildman–Crippen LogP) is 2.00. The first-order chi connectivity index (χ1) is 11.4. The Labute approximate surface area is 153 Å². The summed E-state index contributed by atoms with van der Waals surface area (Å²) in [6.45, 7) is 0. The van der Waals surface area contributed by atoms with Gasteiger partial charge in [-0.3, -0.25) is 0 Å². The molecule has 0 spiro atoms. The number of carbonyl (C=O) groups is 2. The number of rotatable bonds is 5. The van der Waals surface area contributed by atoms with Gasteiger partial charge in [-0.15, -0.1) is 25.3 Å². The first-order valence-corrected chi connectivity index (χ1v) is 8.19. The normalized spacial score (nSPS) is 8.92. The van der Waals surface area contributed by atoms with Gasteiger partial charge in [0.1, 0.15) is 0 Å². The van der Waals surface area contributed by atoms with Crippen LogP contribution < -0.4 is 10.2 Å². The number of benzene rings is 2. The van der Waals surface area contributed by atoms with Gasteiger partial charge in [0.05, 0.1) is 0 Å². The van der Waals surface area contributed by atoms with Crippen molar-refractivity contribution in [3.8, 4) is 0 Å². The van der Waals surface area contributed by atoms with Gasteiger partial charge in [-0.1, -0.05) is 36.4 Å². The van der Waals surface area contributed by atoms with E-state index in [0.29, 0.717) is 12.8 Å². The molecular weight excluding hydrogens is 344 g/mol. The van der Waals surface area contributed by atoms with Crippen LogP contribution in [0.4, 0.5) is 0 Å². The van der Waals surface area contributed by atoms with Crippen LogP contribution >= 0.6 is 25.3 Å². The summed E-state index contributed by atoms with van der Waals surface area (Å²) in [5.41, 5.74) is 0. The van der Waals surface area contributed by atoms with Crippen LogP contribution in [0.1, 0.15) is 25.7 Å². The zero-order chi connectivity index (χ0) is 18.2. The third-order valence-electron chi connectivity index (χ3n) is 2.52. The molecule has 2 aromatic rings. The summed E-state index contributed by atoms with van der Waals surface area (Å²) in [7, 11) is 0. The van der Waals surface area contributed by atoms with Crippen LogP contribution in [0, 0.1) is 0 Å². The molecule has 0 fully saturated rings. The van der Waals surface area contributed by atoms with Crippen molar-refractivity contribution in [2.45, 2.75) is 35.5 Å². The molecule has 0 aliphatic heterocycles. The maximum Gasteiger partial charge on any atom is 0.0414 e. The molecular formula is C18H20O4S2-2. The van der Waals surface area contributed by atoms with Crippen LogP contribution in [0.3, 0.4) is 0 Å². The highest BCUT2D eigenvalue weighted by molar-refractivity contribution is 7.80. The summed E-state index contributed by atoms with van der Waals surface area (Å²) < 4.78 is 0. The van der Waals surface area contributed by atoms with Gasteiger partial charge >= 0.3 is 0 Å². The maximum atomic E-state index is 9.77. The van der Waals surface area contributed by atoms with E-state index in [0.717, 1.165) is 9.79 Å². The van der Waals surface area contributed by atoms with Crippen molar-refractivity contribution >= 4 is 37.2 Å². The van der Waals surface area contributed by atoms with Crippen LogP contribution in [0.5, 0.6) is 0 Å². The topological polar surface area (TPSA) is 80.3 Å². The minimum Gasteiger partial charge on any atom is -0.550 e. The molecule has 0 unspecified atom stereocenters. The van der Waals surface area contributed by atoms with Crippen LogP contribution in [0.2, 0.25) is 0 Å². The second-order valence-corrected chi connectivity index (χ2v) is 5.66. The molecule has 0 aromatic heterocycles. The van der Waals surface area contributed by atoms with Crippen molar-refractivity contribution < 1.29 is 19.8 Å². The Morgan fingerprint density at radius 3 is 1.12 bits per heavy atom. The van der Waals surface area contributed by atoms with Gasteiger partial charge in [0.15, 0.2) is 0 Å². The summed E-state index contributed by atoms with van der Waals surface area (Å²) in [6, 6.07) is 19.6. The molecule has 0 heterocycles. The summed E-state index contributed by atoms with van der Waals surface area (Å²) in [6.07, 6.45) is 0.535. The van der Waals surface area contributed by atoms with Crippen molar-refractivity contribution in [3.05, 3.63) is 60.7 Å². The van der Waals surface area contributed by atoms with Crippen molar-refractivity contribution in [3.63, 3.8) is 0 Å². The zero-order valence-corrected chi connectivity index (χ0v) is 14.9. The SMILES string of the molecule is O=C([O-])CCCCC(=O)[O-].Sc1ccccc1.Sc1ccccc1. The fourth-order valence-corrected chi connectivity index (χ4v) is 1.74. The third-order valence-corrected chi connectivity index (χ3v) is 3.12. The summed E-state index contributed by atoms with van der Waals surface area (Å²) in [5.74, 6) is -2.28. The van der Waals surface area contributed by atoms with E-state index in [9.17, 15) is 19.8 Å². The number of carboxylic acid groups (broad SMARTS) is 2. The summed E-state index contributed by atoms with van der Waals surface area (Å²) >= 11 is 8.17. The van der Waals surface area contributed by atoms with Gasteiger partial charge in [0.25, 0.3) is 0 Å². The van der Waals surface area contributed by atoms with Gasteiger partial charge in [-0.25, -0.2) is 0 Å².